The highest BCUT2D eigenvalue weighted by Gasteiger charge is 2.21. The second kappa shape index (κ2) is 9.91. The first kappa shape index (κ1) is 22.9. The fourth-order valence-corrected chi connectivity index (χ4v) is 2.50. The van der Waals surface area contributed by atoms with E-state index in [0.717, 1.165) is 0 Å². The zero-order valence-electron chi connectivity index (χ0n) is 18.1. The molecule has 0 saturated heterocycles. The molecule has 0 atom stereocenters. The van der Waals surface area contributed by atoms with Crippen molar-refractivity contribution in [3.05, 3.63) is 54.1 Å². The lowest BCUT2D eigenvalue weighted by atomic mass is 9.95. The highest BCUT2D eigenvalue weighted by Crippen LogP contribution is 2.20. The van der Waals surface area contributed by atoms with Gasteiger partial charge < -0.3 is 21.3 Å². The Balaban J connectivity index is 1.93. The van der Waals surface area contributed by atoms with Gasteiger partial charge in [-0.3, -0.25) is 14.4 Å². The van der Waals surface area contributed by atoms with Crippen LogP contribution in [0.2, 0.25) is 0 Å². The number of rotatable bonds is 7. The number of hydrogen-bond donors (Lipinski definition) is 4. The van der Waals surface area contributed by atoms with Gasteiger partial charge in [-0.25, -0.2) is 0 Å². The largest absolute Gasteiger partial charge is 0.376 e. The van der Waals surface area contributed by atoms with E-state index in [9.17, 15) is 14.4 Å². The second-order valence-corrected chi connectivity index (χ2v) is 8.40. The van der Waals surface area contributed by atoms with Crippen molar-refractivity contribution < 1.29 is 14.4 Å². The molecule has 0 fully saturated rings. The summed E-state index contributed by atoms with van der Waals surface area (Å²) in [7, 11) is 0. The minimum Gasteiger partial charge on any atom is -0.376 e. The molecular weight excluding hydrogens is 380 g/mol. The van der Waals surface area contributed by atoms with Crippen molar-refractivity contribution in [2.45, 2.75) is 40.7 Å². The summed E-state index contributed by atoms with van der Waals surface area (Å²) in [6.07, 6.45) is 0. The van der Waals surface area contributed by atoms with E-state index in [4.69, 9.17) is 0 Å². The molecule has 0 unspecified atom stereocenters. The Labute approximate surface area is 177 Å². The van der Waals surface area contributed by atoms with Crippen molar-refractivity contribution in [3.63, 3.8) is 0 Å². The third kappa shape index (κ3) is 7.24. The van der Waals surface area contributed by atoms with Crippen molar-refractivity contribution in [2.75, 3.05) is 22.5 Å². The standard InChI is InChI=1S/C23H30N4O3/c1-15(2)25-21(29)16-8-6-9-17(12-16)24-14-20(28)26-18-10-7-11-19(13-18)27-22(30)23(3,4)5/h6-13,15,24H,14H2,1-5H3,(H,25,29)(H,26,28)(H,27,30). The highest BCUT2D eigenvalue weighted by atomic mass is 16.2. The molecular formula is C23H30N4O3. The monoisotopic (exact) mass is 410 g/mol. The lowest BCUT2D eigenvalue weighted by Crippen LogP contribution is -2.30. The lowest BCUT2D eigenvalue weighted by Gasteiger charge is -2.18. The lowest BCUT2D eigenvalue weighted by molar-refractivity contribution is -0.123. The SMILES string of the molecule is CC(C)NC(=O)c1cccc(NCC(=O)Nc2cccc(NC(=O)C(C)(C)C)c2)c1. The molecule has 0 aliphatic carbocycles. The number of anilines is 3. The summed E-state index contributed by atoms with van der Waals surface area (Å²) in [4.78, 5) is 36.5. The fraction of sp³-hybridized carbons (Fsp3) is 0.348. The smallest absolute Gasteiger partial charge is 0.251 e. The number of carbonyl (C=O) groups excluding carboxylic acids is 3. The number of carbonyl (C=O) groups is 3. The molecule has 7 heteroatoms. The molecule has 0 bridgehead atoms. The summed E-state index contributed by atoms with van der Waals surface area (Å²) >= 11 is 0. The van der Waals surface area contributed by atoms with Crippen LogP contribution in [0, 0.1) is 5.41 Å². The number of benzene rings is 2. The van der Waals surface area contributed by atoms with Crippen molar-refractivity contribution >= 4 is 34.8 Å². The Morgan fingerprint density at radius 3 is 2.10 bits per heavy atom. The van der Waals surface area contributed by atoms with Gasteiger partial charge in [0.05, 0.1) is 6.54 Å². The van der Waals surface area contributed by atoms with Gasteiger partial charge in [0.1, 0.15) is 0 Å². The summed E-state index contributed by atoms with van der Waals surface area (Å²) in [6.45, 7) is 9.33. The van der Waals surface area contributed by atoms with E-state index in [2.05, 4.69) is 21.3 Å². The van der Waals surface area contributed by atoms with Crippen molar-refractivity contribution in [1.82, 2.24) is 5.32 Å². The Hall–Kier alpha value is -3.35. The van der Waals surface area contributed by atoms with Crippen LogP contribution in [0.5, 0.6) is 0 Å². The van der Waals surface area contributed by atoms with Crippen LogP contribution in [0.25, 0.3) is 0 Å². The number of hydrogen-bond acceptors (Lipinski definition) is 4. The zero-order valence-corrected chi connectivity index (χ0v) is 18.1. The van der Waals surface area contributed by atoms with E-state index in [1.807, 2.05) is 34.6 Å². The summed E-state index contributed by atoms with van der Waals surface area (Å²) in [5.41, 5.74) is 1.89. The molecule has 2 aromatic carbocycles. The predicted molar refractivity (Wildman–Crippen MR) is 121 cm³/mol. The first-order valence-electron chi connectivity index (χ1n) is 9.91. The van der Waals surface area contributed by atoms with Crippen molar-refractivity contribution in [2.24, 2.45) is 5.41 Å². The van der Waals surface area contributed by atoms with Crippen molar-refractivity contribution in [1.29, 1.82) is 0 Å². The average Bonchev–Trinajstić information content (AvgIpc) is 2.65. The Kier molecular flexibility index (Phi) is 7.58. The minimum atomic E-state index is -0.510. The van der Waals surface area contributed by atoms with Gasteiger partial charge in [0, 0.05) is 34.1 Å². The Morgan fingerprint density at radius 2 is 1.47 bits per heavy atom. The van der Waals surface area contributed by atoms with Crippen LogP contribution in [0.1, 0.15) is 45.0 Å². The van der Waals surface area contributed by atoms with Gasteiger partial charge in [0.15, 0.2) is 0 Å². The predicted octanol–water partition coefficient (Wildman–Crippen LogP) is 3.86. The van der Waals surface area contributed by atoms with E-state index >= 15 is 0 Å². The quantitative estimate of drug-likeness (QED) is 0.557. The molecule has 4 N–H and O–H groups in total. The molecule has 0 radical (unpaired) electrons. The maximum Gasteiger partial charge on any atom is 0.251 e. The summed E-state index contributed by atoms with van der Waals surface area (Å²) in [5, 5.41) is 11.5. The summed E-state index contributed by atoms with van der Waals surface area (Å²) < 4.78 is 0. The van der Waals surface area contributed by atoms with Crippen LogP contribution in [-0.4, -0.2) is 30.3 Å². The van der Waals surface area contributed by atoms with Gasteiger partial charge in [-0.05, 0) is 50.2 Å². The van der Waals surface area contributed by atoms with Crippen LogP contribution >= 0.6 is 0 Å². The van der Waals surface area contributed by atoms with Crippen molar-refractivity contribution in [3.8, 4) is 0 Å². The molecule has 30 heavy (non-hydrogen) atoms. The van der Waals surface area contributed by atoms with Crippen LogP contribution in [0.15, 0.2) is 48.5 Å². The first-order valence-corrected chi connectivity index (χ1v) is 9.91. The zero-order chi connectivity index (χ0) is 22.3. The fourth-order valence-electron chi connectivity index (χ4n) is 2.50. The normalized spacial score (nSPS) is 11.0. The molecule has 0 saturated carbocycles. The molecule has 0 spiro atoms. The number of nitrogens with one attached hydrogen (secondary N) is 4. The molecule has 2 rings (SSSR count). The minimum absolute atomic E-state index is 0.0355. The third-order valence-corrected chi connectivity index (χ3v) is 4.08. The summed E-state index contributed by atoms with van der Waals surface area (Å²) in [5.74, 6) is -0.507. The molecule has 0 heterocycles. The summed E-state index contributed by atoms with van der Waals surface area (Å²) in [6, 6.07) is 14.0. The molecule has 0 aromatic heterocycles. The Bertz CT molecular complexity index is 917. The van der Waals surface area contributed by atoms with Crippen LogP contribution < -0.4 is 21.3 Å². The molecule has 3 amide bonds. The maximum absolute atomic E-state index is 12.3. The Morgan fingerprint density at radius 1 is 0.867 bits per heavy atom. The third-order valence-electron chi connectivity index (χ3n) is 4.08. The topological polar surface area (TPSA) is 99.3 Å². The van der Waals surface area contributed by atoms with Crippen LogP contribution in [-0.2, 0) is 9.59 Å². The van der Waals surface area contributed by atoms with Gasteiger partial charge >= 0.3 is 0 Å². The van der Waals surface area contributed by atoms with Gasteiger partial charge in [-0.1, -0.05) is 32.9 Å². The van der Waals surface area contributed by atoms with Gasteiger partial charge in [0.25, 0.3) is 5.91 Å². The molecule has 0 aliphatic rings. The van der Waals surface area contributed by atoms with Gasteiger partial charge in [-0.15, -0.1) is 0 Å². The first-order chi connectivity index (χ1) is 14.0. The molecule has 7 nitrogen and oxygen atoms in total. The average molecular weight is 411 g/mol. The molecule has 0 aliphatic heterocycles. The van der Waals surface area contributed by atoms with E-state index < -0.39 is 5.41 Å². The van der Waals surface area contributed by atoms with Crippen LogP contribution in [0.3, 0.4) is 0 Å². The highest BCUT2D eigenvalue weighted by molar-refractivity contribution is 5.98. The maximum atomic E-state index is 12.3. The molecule has 160 valence electrons. The van der Waals surface area contributed by atoms with E-state index in [-0.39, 0.29) is 30.3 Å². The van der Waals surface area contributed by atoms with Gasteiger partial charge in [-0.2, -0.15) is 0 Å². The van der Waals surface area contributed by atoms with Crippen LogP contribution in [0.4, 0.5) is 17.1 Å². The van der Waals surface area contributed by atoms with E-state index in [0.29, 0.717) is 22.6 Å². The van der Waals surface area contributed by atoms with Gasteiger partial charge in [0.2, 0.25) is 11.8 Å². The van der Waals surface area contributed by atoms with E-state index in [1.54, 1.807) is 48.5 Å². The van der Waals surface area contributed by atoms with E-state index in [1.165, 1.54) is 0 Å². The number of amides is 3. The molecule has 2 aromatic rings. The second-order valence-electron chi connectivity index (χ2n) is 8.40.